The molecule has 4 heteroatoms. The number of rotatable bonds is 7. The Kier molecular flexibility index (Phi) is 6.54. The normalized spacial score (nSPS) is 15.3. The summed E-state index contributed by atoms with van der Waals surface area (Å²) in [7, 11) is 1.64. The number of carboxylic acid groups (broad SMARTS) is 1. The predicted octanol–water partition coefficient (Wildman–Crippen LogP) is 0.709. The van der Waals surface area contributed by atoms with E-state index in [-0.39, 0.29) is 12.3 Å². The van der Waals surface area contributed by atoms with E-state index in [0.29, 0.717) is 19.1 Å². The number of hydrogen-bond donors (Lipinski definition) is 2. The van der Waals surface area contributed by atoms with Gasteiger partial charge in [-0.2, -0.15) is 0 Å². The molecular formula is C9H19NO3. The highest BCUT2D eigenvalue weighted by Crippen LogP contribution is 2.14. The number of hydrogen-bond acceptors (Lipinski definition) is 3. The molecule has 0 amide bonds. The minimum atomic E-state index is -0.778. The molecule has 0 aromatic carbocycles. The Morgan fingerprint density at radius 3 is 2.62 bits per heavy atom. The minimum Gasteiger partial charge on any atom is -0.481 e. The molecule has 0 aliphatic rings. The molecule has 0 saturated heterocycles. The van der Waals surface area contributed by atoms with Gasteiger partial charge in [0, 0.05) is 20.1 Å². The van der Waals surface area contributed by atoms with Crippen molar-refractivity contribution in [2.24, 2.45) is 17.6 Å². The fraction of sp³-hybridized carbons (Fsp3) is 0.889. The molecule has 0 saturated carbocycles. The zero-order valence-electron chi connectivity index (χ0n) is 8.32. The number of carboxylic acids is 1. The maximum Gasteiger partial charge on any atom is 0.303 e. The zero-order valence-corrected chi connectivity index (χ0v) is 8.32. The lowest BCUT2D eigenvalue weighted by atomic mass is 9.94. The van der Waals surface area contributed by atoms with E-state index in [1.807, 2.05) is 6.92 Å². The van der Waals surface area contributed by atoms with Crippen LogP contribution in [0.5, 0.6) is 0 Å². The molecule has 13 heavy (non-hydrogen) atoms. The third-order valence-corrected chi connectivity index (χ3v) is 1.98. The third kappa shape index (κ3) is 6.54. The maximum atomic E-state index is 10.4. The van der Waals surface area contributed by atoms with E-state index in [9.17, 15) is 4.79 Å². The van der Waals surface area contributed by atoms with Crippen molar-refractivity contribution in [3.63, 3.8) is 0 Å². The Morgan fingerprint density at radius 2 is 2.23 bits per heavy atom. The standard InChI is InChI=1S/C9H19NO3/c1-7(6-13-2)3-8(5-10)4-9(11)12/h7-8H,3-6,10H2,1-2H3,(H,11,12). The number of nitrogens with two attached hydrogens (primary N) is 1. The van der Waals surface area contributed by atoms with E-state index in [1.165, 1.54) is 0 Å². The van der Waals surface area contributed by atoms with Crippen molar-refractivity contribution < 1.29 is 14.6 Å². The molecule has 78 valence electrons. The van der Waals surface area contributed by atoms with Gasteiger partial charge in [0.1, 0.15) is 0 Å². The van der Waals surface area contributed by atoms with Crippen LogP contribution in [0.2, 0.25) is 0 Å². The SMILES string of the molecule is COCC(C)CC(CN)CC(=O)O. The van der Waals surface area contributed by atoms with Gasteiger partial charge >= 0.3 is 5.97 Å². The highest BCUT2D eigenvalue weighted by Gasteiger charge is 2.14. The second-order valence-corrected chi connectivity index (χ2v) is 3.50. The van der Waals surface area contributed by atoms with Crippen LogP contribution in [0.3, 0.4) is 0 Å². The number of carbonyl (C=O) groups is 1. The van der Waals surface area contributed by atoms with Crippen molar-refractivity contribution in [1.29, 1.82) is 0 Å². The average Bonchev–Trinajstić information content (AvgIpc) is 2.02. The first-order chi connectivity index (χ1) is 6.10. The molecule has 0 aliphatic heterocycles. The summed E-state index contributed by atoms with van der Waals surface area (Å²) in [6.45, 7) is 3.13. The third-order valence-electron chi connectivity index (χ3n) is 1.98. The van der Waals surface area contributed by atoms with E-state index >= 15 is 0 Å². The number of methoxy groups -OCH3 is 1. The molecule has 3 N–H and O–H groups in total. The molecule has 0 aromatic rings. The maximum absolute atomic E-state index is 10.4. The van der Waals surface area contributed by atoms with Gasteiger partial charge in [-0.25, -0.2) is 0 Å². The van der Waals surface area contributed by atoms with Crippen molar-refractivity contribution in [2.45, 2.75) is 19.8 Å². The van der Waals surface area contributed by atoms with Crippen LogP contribution in [0.1, 0.15) is 19.8 Å². The highest BCUT2D eigenvalue weighted by atomic mass is 16.5. The molecule has 0 heterocycles. The summed E-state index contributed by atoms with van der Waals surface area (Å²) in [5, 5.41) is 8.57. The minimum absolute atomic E-state index is 0.0719. The van der Waals surface area contributed by atoms with Gasteiger partial charge in [-0.1, -0.05) is 6.92 Å². The quantitative estimate of drug-likeness (QED) is 0.618. The van der Waals surface area contributed by atoms with Crippen LogP contribution in [0.4, 0.5) is 0 Å². The van der Waals surface area contributed by atoms with Crippen LogP contribution < -0.4 is 5.73 Å². The lowest BCUT2D eigenvalue weighted by Gasteiger charge is -2.16. The second kappa shape index (κ2) is 6.86. The van der Waals surface area contributed by atoms with E-state index in [2.05, 4.69) is 0 Å². The molecule has 0 bridgehead atoms. The van der Waals surface area contributed by atoms with Gasteiger partial charge in [0.2, 0.25) is 0 Å². The smallest absolute Gasteiger partial charge is 0.303 e. The molecule has 0 spiro atoms. The monoisotopic (exact) mass is 189 g/mol. The molecule has 0 radical (unpaired) electrons. The highest BCUT2D eigenvalue weighted by molar-refractivity contribution is 5.67. The van der Waals surface area contributed by atoms with E-state index in [4.69, 9.17) is 15.6 Å². The van der Waals surface area contributed by atoms with Gasteiger partial charge in [0.05, 0.1) is 0 Å². The van der Waals surface area contributed by atoms with Crippen LogP contribution in [0, 0.1) is 11.8 Å². The van der Waals surface area contributed by atoms with Gasteiger partial charge in [0.15, 0.2) is 0 Å². The largest absolute Gasteiger partial charge is 0.481 e. The van der Waals surface area contributed by atoms with Crippen LogP contribution in [-0.4, -0.2) is 31.3 Å². The van der Waals surface area contributed by atoms with Gasteiger partial charge in [0.25, 0.3) is 0 Å². The Morgan fingerprint density at radius 1 is 1.62 bits per heavy atom. The van der Waals surface area contributed by atoms with Crippen molar-refractivity contribution in [3.05, 3.63) is 0 Å². The van der Waals surface area contributed by atoms with E-state index in [0.717, 1.165) is 6.42 Å². The Labute approximate surface area is 79.1 Å². The second-order valence-electron chi connectivity index (χ2n) is 3.50. The first-order valence-corrected chi connectivity index (χ1v) is 4.51. The van der Waals surface area contributed by atoms with Crippen LogP contribution in [0.25, 0.3) is 0 Å². The molecule has 4 nitrogen and oxygen atoms in total. The van der Waals surface area contributed by atoms with Gasteiger partial charge < -0.3 is 15.6 Å². The molecule has 2 atom stereocenters. The molecular weight excluding hydrogens is 170 g/mol. The van der Waals surface area contributed by atoms with E-state index in [1.54, 1.807) is 7.11 Å². The van der Waals surface area contributed by atoms with Gasteiger partial charge in [-0.15, -0.1) is 0 Å². The molecule has 0 rings (SSSR count). The van der Waals surface area contributed by atoms with Crippen LogP contribution in [0.15, 0.2) is 0 Å². The Bertz CT molecular complexity index is 150. The average molecular weight is 189 g/mol. The summed E-state index contributed by atoms with van der Waals surface area (Å²) >= 11 is 0. The van der Waals surface area contributed by atoms with Crippen molar-refractivity contribution in [1.82, 2.24) is 0 Å². The summed E-state index contributed by atoms with van der Waals surface area (Å²) in [5.41, 5.74) is 5.46. The number of aliphatic carboxylic acids is 1. The molecule has 2 unspecified atom stereocenters. The fourth-order valence-electron chi connectivity index (χ4n) is 1.43. The lowest BCUT2D eigenvalue weighted by Crippen LogP contribution is -2.21. The van der Waals surface area contributed by atoms with Crippen molar-refractivity contribution in [2.75, 3.05) is 20.3 Å². The predicted molar refractivity (Wildman–Crippen MR) is 50.5 cm³/mol. The van der Waals surface area contributed by atoms with E-state index < -0.39 is 5.97 Å². The Hall–Kier alpha value is -0.610. The van der Waals surface area contributed by atoms with Crippen LogP contribution >= 0.6 is 0 Å². The summed E-state index contributed by atoms with van der Waals surface area (Å²) in [6.07, 6.45) is 0.973. The van der Waals surface area contributed by atoms with Crippen LogP contribution in [-0.2, 0) is 9.53 Å². The molecule has 0 fully saturated rings. The lowest BCUT2D eigenvalue weighted by molar-refractivity contribution is -0.138. The fourth-order valence-corrected chi connectivity index (χ4v) is 1.43. The first kappa shape index (κ1) is 12.4. The summed E-state index contributed by atoms with van der Waals surface area (Å²) in [4.78, 5) is 10.4. The van der Waals surface area contributed by atoms with Crippen molar-refractivity contribution in [3.8, 4) is 0 Å². The summed E-state index contributed by atoms with van der Waals surface area (Å²) < 4.78 is 4.97. The Balaban J connectivity index is 3.75. The first-order valence-electron chi connectivity index (χ1n) is 4.51. The van der Waals surface area contributed by atoms with Gasteiger partial charge in [-0.3, -0.25) is 4.79 Å². The summed E-state index contributed by atoms with van der Waals surface area (Å²) in [5.74, 6) is -0.333. The summed E-state index contributed by atoms with van der Waals surface area (Å²) in [6, 6.07) is 0. The zero-order chi connectivity index (χ0) is 10.3. The topological polar surface area (TPSA) is 72.5 Å². The number of ether oxygens (including phenoxy) is 1. The molecule has 0 aliphatic carbocycles. The van der Waals surface area contributed by atoms with Crippen molar-refractivity contribution >= 4 is 5.97 Å². The van der Waals surface area contributed by atoms with Gasteiger partial charge in [-0.05, 0) is 24.8 Å². The molecule has 0 aromatic heterocycles.